The number of hydrogen-bond donors (Lipinski definition) is 3. The number of hydrogen-bond acceptors (Lipinski definition) is 3. The molecule has 0 saturated heterocycles. The van der Waals surface area contributed by atoms with Gasteiger partial charge in [0.15, 0.2) is 0 Å². The molecule has 3 heteroatoms. The first-order valence-electron chi connectivity index (χ1n) is 7.73. The zero-order valence-electron chi connectivity index (χ0n) is 12.7. The number of nitrogens with one attached hydrogen (secondary N) is 1. The maximum atomic E-state index is 10.2. The van der Waals surface area contributed by atoms with E-state index in [9.17, 15) is 5.11 Å². The minimum absolute atomic E-state index is 0.209. The average molecular weight is 276 g/mol. The molecule has 1 aromatic rings. The van der Waals surface area contributed by atoms with Crippen LogP contribution in [0.5, 0.6) is 0 Å². The summed E-state index contributed by atoms with van der Waals surface area (Å²) in [4.78, 5) is 0. The van der Waals surface area contributed by atoms with Crippen LogP contribution in [-0.4, -0.2) is 29.3 Å². The molecule has 0 heterocycles. The Hall–Kier alpha value is -0.900. The minimum atomic E-state index is -0.486. The van der Waals surface area contributed by atoms with Gasteiger partial charge < -0.3 is 16.2 Å². The largest absolute Gasteiger partial charge is 0.390 e. The van der Waals surface area contributed by atoms with Gasteiger partial charge in [-0.3, -0.25) is 0 Å². The molecular formula is C17H28N2O. The van der Waals surface area contributed by atoms with E-state index in [-0.39, 0.29) is 11.6 Å². The fourth-order valence-corrected chi connectivity index (χ4v) is 2.88. The Morgan fingerprint density at radius 3 is 2.45 bits per heavy atom. The second-order valence-corrected chi connectivity index (χ2v) is 6.68. The lowest BCUT2D eigenvalue weighted by molar-refractivity contribution is 0.134. The summed E-state index contributed by atoms with van der Waals surface area (Å²) in [5, 5.41) is 13.8. The third kappa shape index (κ3) is 4.58. The summed E-state index contributed by atoms with van der Waals surface area (Å²) in [7, 11) is 0. The van der Waals surface area contributed by atoms with Crippen LogP contribution < -0.4 is 11.1 Å². The van der Waals surface area contributed by atoms with Crippen LogP contribution in [0.1, 0.15) is 38.7 Å². The van der Waals surface area contributed by atoms with Gasteiger partial charge in [0.1, 0.15) is 0 Å². The van der Waals surface area contributed by atoms with E-state index in [1.807, 2.05) is 18.2 Å². The third-order valence-electron chi connectivity index (χ3n) is 4.15. The molecule has 0 amide bonds. The Labute approximate surface area is 122 Å². The molecule has 0 bridgehead atoms. The summed E-state index contributed by atoms with van der Waals surface area (Å²) >= 11 is 0. The highest BCUT2D eigenvalue weighted by atomic mass is 16.3. The van der Waals surface area contributed by atoms with Gasteiger partial charge in [-0.25, -0.2) is 0 Å². The van der Waals surface area contributed by atoms with Crippen molar-refractivity contribution in [1.29, 1.82) is 0 Å². The van der Waals surface area contributed by atoms with Crippen LogP contribution in [0, 0.1) is 5.92 Å². The Morgan fingerprint density at radius 2 is 1.90 bits per heavy atom. The molecule has 0 aromatic heterocycles. The van der Waals surface area contributed by atoms with Crippen molar-refractivity contribution in [2.24, 2.45) is 11.7 Å². The number of aliphatic hydroxyl groups excluding tert-OH is 1. The summed E-state index contributed by atoms with van der Waals surface area (Å²) in [6.07, 6.45) is 3.88. The highest BCUT2D eigenvalue weighted by molar-refractivity contribution is 5.16. The fraction of sp³-hybridized carbons (Fsp3) is 0.647. The zero-order valence-corrected chi connectivity index (χ0v) is 12.7. The topological polar surface area (TPSA) is 58.3 Å². The molecule has 112 valence electrons. The van der Waals surface area contributed by atoms with Crippen molar-refractivity contribution in [3.05, 3.63) is 35.9 Å². The highest BCUT2D eigenvalue weighted by Gasteiger charge is 2.42. The first-order chi connectivity index (χ1) is 9.51. The molecule has 2 atom stereocenters. The van der Waals surface area contributed by atoms with E-state index in [2.05, 4.69) is 31.3 Å². The number of β-amino-alcohol motifs (C(OH)–C–C–N with tert-alkyl or cyclic N) is 1. The first kappa shape index (κ1) is 15.5. The van der Waals surface area contributed by atoms with Crippen molar-refractivity contribution >= 4 is 0 Å². The van der Waals surface area contributed by atoms with Crippen LogP contribution in [0.25, 0.3) is 0 Å². The SMILES string of the molecule is CC(C)CC1(NC[C@@H](O)[C@@H](N)Cc2ccccc2)CC1. The molecule has 0 unspecified atom stereocenters. The molecule has 20 heavy (non-hydrogen) atoms. The van der Waals surface area contributed by atoms with E-state index in [0.717, 1.165) is 6.42 Å². The van der Waals surface area contributed by atoms with Gasteiger partial charge in [-0.15, -0.1) is 0 Å². The lowest BCUT2D eigenvalue weighted by Crippen LogP contribution is -2.46. The van der Waals surface area contributed by atoms with Crippen molar-refractivity contribution < 1.29 is 5.11 Å². The molecule has 1 aromatic carbocycles. The molecule has 2 rings (SSSR count). The summed E-state index contributed by atoms with van der Waals surface area (Å²) in [5.41, 5.74) is 7.57. The van der Waals surface area contributed by atoms with Crippen molar-refractivity contribution in [3.8, 4) is 0 Å². The fourth-order valence-electron chi connectivity index (χ4n) is 2.88. The van der Waals surface area contributed by atoms with Gasteiger partial charge >= 0.3 is 0 Å². The molecule has 0 spiro atoms. The smallest absolute Gasteiger partial charge is 0.0818 e. The lowest BCUT2D eigenvalue weighted by atomic mass is 9.99. The van der Waals surface area contributed by atoms with Gasteiger partial charge in [0.2, 0.25) is 0 Å². The van der Waals surface area contributed by atoms with Crippen molar-refractivity contribution in [3.63, 3.8) is 0 Å². The van der Waals surface area contributed by atoms with Gasteiger partial charge in [-0.2, -0.15) is 0 Å². The predicted octanol–water partition coefficient (Wildman–Crippen LogP) is 2.09. The number of rotatable bonds is 8. The average Bonchev–Trinajstić information content (AvgIpc) is 3.16. The van der Waals surface area contributed by atoms with Gasteiger partial charge in [0, 0.05) is 18.1 Å². The van der Waals surface area contributed by atoms with E-state index < -0.39 is 6.10 Å². The van der Waals surface area contributed by atoms with Crippen LogP contribution in [0.2, 0.25) is 0 Å². The molecule has 1 aliphatic carbocycles. The summed E-state index contributed by atoms with van der Waals surface area (Å²) in [6, 6.07) is 9.92. The third-order valence-corrected chi connectivity index (χ3v) is 4.15. The Bertz CT molecular complexity index is 401. The van der Waals surface area contributed by atoms with Crippen LogP contribution in [0.4, 0.5) is 0 Å². The van der Waals surface area contributed by atoms with Crippen LogP contribution in [0.3, 0.4) is 0 Å². The van der Waals surface area contributed by atoms with Crippen LogP contribution in [-0.2, 0) is 6.42 Å². The second kappa shape index (κ2) is 6.70. The van der Waals surface area contributed by atoms with E-state index in [4.69, 9.17) is 5.73 Å². The van der Waals surface area contributed by atoms with Crippen molar-refractivity contribution in [2.75, 3.05) is 6.54 Å². The van der Waals surface area contributed by atoms with Gasteiger partial charge in [0.05, 0.1) is 6.10 Å². The van der Waals surface area contributed by atoms with E-state index in [1.165, 1.54) is 24.8 Å². The molecule has 1 aliphatic rings. The first-order valence-corrected chi connectivity index (χ1v) is 7.73. The molecule has 1 saturated carbocycles. The van der Waals surface area contributed by atoms with Gasteiger partial charge in [-0.1, -0.05) is 44.2 Å². The Balaban J connectivity index is 1.76. The van der Waals surface area contributed by atoms with Crippen molar-refractivity contribution in [1.82, 2.24) is 5.32 Å². The van der Waals surface area contributed by atoms with E-state index >= 15 is 0 Å². The summed E-state index contributed by atoms with van der Waals surface area (Å²) in [6.45, 7) is 5.10. The maximum absolute atomic E-state index is 10.2. The second-order valence-electron chi connectivity index (χ2n) is 6.68. The number of benzene rings is 1. The quantitative estimate of drug-likeness (QED) is 0.681. The van der Waals surface area contributed by atoms with Crippen molar-refractivity contribution in [2.45, 2.75) is 57.2 Å². The van der Waals surface area contributed by atoms with Crippen LogP contribution in [0.15, 0.2) is 30.3 Å². The molecule has 1 fully saturated rings. The molecule has 0 radical (unpaired) electrons. The molecule has 4 N–H and O–H groups in total. The molecule has 3 nitrogen and oxygen atoms in total. The maximum Gasteiger partial charge on any atom is 0.0818 e. The Kier molecular flexibility index (Phi) is 5.19. The van der Waals surface area contributed by atoms with E-state index in [1.54, 1.807) is 0 Å². The molecular weight excluding hydrogens is 248 g/mol. The summed E-state index contributed by atoms with van der Waals surface area (Å²) in [5.74, 6) is 0.695. The van der Waals surface area contributed by atoms with Gasteiger partial charge in [0.25, 0.3) is 0 Å². The van der Waals surface area contributed by atoms with Gasteiger partial charge in [-0.05, 0) is 37.2 Å². The van der Waals surface area contributed by atoms with Crippen LogP contribution >= 0.6 is 0 Å². The normalized spacial score (nSPS) is 19.9. The zero-order chi connectivity index (χ0) is 14.6. The molecule has 0 aliphatic heterocycles. The minimum Gasteiger partial charge on any atom is -0.390 e. The predicted molar refractivity (Wildman–Crippen MR) is 83.6 cm³/mol. The number of nitrogens with two attached hydrogens (primary N) is 1. The standard InChI is InChI=1S/C17H28N2O/c1-13(2)11-17(8-9-17)19-12-16(20)15(18)10-14-6-4-3-5-7-14/h3-7,13,15-16,19-20H,8-12,18H2,1-2H3/t15-,16+/m0/s1. The Morgan fingerprint density at radius 1 is 1.25 bits per heavy atom. The summed E-state index contributed by atoms with van der Waals surface area (Å²) < 4.78 is 0. The van der Waals surface area contributed by atoms with E-state index in [0.29, 0.717) is 12.5 Å². The number of aliphatic hydroxyl groups is 1. The highest BCUT2D eigenvalue weighted by Crippen LogP contribution is 2.40. The lowest BCUT2D eigenvalue weighted by Gasteiger charge is -2.24. The monoisotopic (exact) mass is 276 g/mol.